The van der Waals surface area contributed by atoms with Crippen molar-refractivity contribution < 1.29 is 4.74 Å². The normalized spacial score (nSPS) is 23.9. The number of hydrogen-bond donors (Lipinski definition) is 2. The first kappa shape index (κ1) is 10.7. The van der Waals surface area contributed by atoms with E-state index in [9.17, 15) is 0 Å². The van der Waals surface area contributed by atoms with Crippen LogP contribution in [0.2, 0.25) is 0 Å². The Hall–Kier alpha value is -0.800. The zero-order chi connectivity index (χ0) is 10.5. The summed E-state index contributed by atoms with van der Waals surface area (Å²) in [6.07, 6.45) is 6.00. The van der Waals surface area contributed by atoms with E-state index in [-0.39, 0.29) is 6.10 Å². The van der Waals surface area contributed by atoms with Crippen LogP contribution in [0.4, 0.5) is 0 Å². The molecule has 0 aliphatic carbocycles. The Balaban J connectivity index is 1.73. The van der Waals surface area contributed by atoms with Crippen LogP contribution < -0.4 is 5.32 Å². The van der Waals surface area contributed by atoms with E-state index in [2.05, 4.69) is 23.3 Å². The van der Waals surface area contributed by atoms with Crippen molar-refractivity contribution in [3.8, 4) is 0 Å². The lowest BCUT2D eigenvalue weighted by molar-refractivity contribution is 0.0419. The van der Waals surface area contributed by atoms with Crippen LogP contribution in [0.5, 0.6) is 0 Å². The van der Waals surface area contributed by atoms with Crippen molar-refractivity contribution in [2.45, 2.75) is 38.3 Å². The number of ether oxygens (including phenoxy) is 1. The van der Waals surface area contributed by atoms with Crippen molar-refractivity contribution in [1.29, 1.82) is 0 Å². The Morgan fingerprint density at radius 2 is 2.47 bits per heavy atom. The summed E-state index contributed by atoms with van der Waals surface area (Å²) >= 11 is 0. The molecule has 1 aromatic rings. The van der Waals surface area contributed by atoms with Gasteiger partial charge in [-0.3, -0.25) is 0 Å². The first-order chi connectivity index (χ1) is 7.36. The van der Waals surface area contributed by atoms with Crippen molar-refractivity contribution in [1.82, 2.24) is 10.3 Å². The minimum absolute atomic E-state index is 0.170. The number of H-pyrrole nitrogens is 1. The first-order valence-electron chi connectivity index (χ1n) is 5.84. The summed E-state index contributed by atoms with van der Waals surface area (Å²) in [4.78, 5) is 3.18. The summed E-state index contributed by atoms with van der Waals surface area (Å²) in [6.45, 7) is 4.06. The van der Waals surface area contributed by atoms with Gasteiger partial charge >= 0.3 is 0 Å². The molecule has 1 aliphatic heterocycles. The number of piperidine rings is 1. The Labute approximate surface area is 91.2 Å². The van der Waals surface area contributed by atoms with E-state index in [0.29, 0.717) is 6.04 Å². The fourth-order valence-corrected chi connectivity index (χ4v) is 2.01. The van der Waals surface area contributed by atoms with Crippen molar-refractivity contribution in [3.05, 3.63) is 24.0 Å². The molecule has 0 radical (unpaired) electrons. The van der Waals surface area contributed by atoms with Crippen molar-refractivity contribution in [2.24, 2.45) is 0 Å². The molecule has 2 N–H and O–H groups in total. The molecule has 3 heteroatoms. The van der Waals surface area contributed by atoms with Gasteiger partial charge in [0.2, 0.25) is 0 Å². The molecule has 15 heavy (non-hydrogen) atoms. The molecule has 0 unspecified atom stereocenters. The fraction of sp³-hybridized carbons (Fsp3) is 0.667. The van der Waals surface area contributed by atoms with E-state index in [1.165, 1.54) is 19.3 Å². The summed E-state index contributed by atoms with van der Waals surface area (Å²) < 4.78 is 5.83. The second-order valence-electron chi connectivity index (χ2n) is 4.25. The maximum atomic E-state index is 5.83. The Bertz CT molecular complexity index is 265. The van der Waals surface area contributed by atoms with Crippen LogP contribution in [-0.2, 0) is 4.74 Å². The minimum atomic E-state index is 0.170. The quantitative estimate of drug-likeness (QED) is 0.796. The third-order valence-electron chi connectivity index (χ3n) is 3.02. The van der Waals surface area contributed by atoms with E-state index in [4.69, 9.17) is 4.74 Å². The second-order valence-corrected chi connectivity index (χ2v) is 4.25. The van der Waals surface area contributed by atoms with Gasteiger partial charge in [0, 0.05) is 17.9 Å². The molecule has 84 valence electrons. The van der Waals surface area contributed by atoms with Gasteiger partial charge in [-0.1, -0.05) is 6.42 Å². The lowest BCUT2D eigenvalue weighted by Gasteiger charge is -2.24. The SMILES string of the molecule is C[C@@H](OC[C@H]1CCCCN1)c1ccc[nH]1. The molecule has 0 saturated carbocycles. The van der Waals surface area contributed by atoms with Gasteiger partial charge in [0.05, 0.1) is 12.7 Å². The van der Waals surface area contributed by atoms with Gasteiger partial charge in [0.25, 0.3) is 0 Å². The maximum Gasteiger partial charge on any atom is 0.0945 e. The molecule has 0 aromatic carbocycles. The van der Waals surface area contributed by atoms with E-state index in [1.807, 2.05) is 12.3 Å². The number of nitrogens with one attached hydrogen (secondary N) is 2. The predicted molar refractivity (Wildman–Crippen MR) is 60.8 cm³/mol. The molecular weight excluding hydrogens is 188 g/mol. The molecule has 2 rings (SSSR count). The van der Waals surface area contributed by atoms with Crippen LogP contribution in [0, 0.1) is 0 Å². The second kappa shape index (κ2) is 5.33. The zero-order valence-electron chi connectivity index (χ0n) is 9.33. The van der Waals surface area contributed by atoms with Crippen LogP contribution in [0.15, 0.2) is 18.3 Å². The van der Waals surface area contributed by atoms with Crippen molar-refractivity contribution in [3.63, 3.8) is 0 Å². The molecule has 2 atom stereocenters. The van der Waals surface area contributed by atoms with Gasteiger partial charge in [-0.2, -0.15) is 0 Å². The molecule has 3 nitrogen and oxygen atoms in total. The Morgan fingerprint density at radius 1 is 1.53 bits per heavy atom. The highest BCUT2D eigenvalue weighted by atomic mass is 16.5. The number of rotatable bonds is 4. The lowest BCUT2D eigenvalue weighted by Crippen LogP contribution is -2.37. The summed E-state index contributed by atoms with van der Waals surface area (Å²) in [6, 6.07) is 4.63. The van der Waals surface area contributed by atoms with Crippen molar-refractivity contribution >= 4 is 0 Å². The molecule has 0 bridgehead atoms. The lowest BCUT2D eigenvalue weighted by atomic mass is 10.1. The van der Waals surface area contributed by atoms with Gasteiger partial charge in [-0.25, -0.2) is 0 Å². The summed E-state index contributed by atoms with van der Waals surface area (Å²) in [5.74, 6) is 0. The fourth-order valence-electron chi connectivity index (χ4n) is 2.01. The minimum Gasteiger partial charge on any atom is -0.371 e. The maximum absolute atomic E-state index is 5.83. The number of hydrogen-bond acceptors (Lipinski definition) is 2. The van der Waals surface area contributed by atoms with Gasteiger partial charge in [-0.15, -0.1) is 0 Å². The molecule has 1 fully saturated rings. The van der Waals surface area contributed by atoms with Crippen LogP contribution in [0.1, 0.15) is 38.0 Å². The Morgan fingerprint density at radius 3 is 3.13 bits per heavy atom. The highest BCUT2D eigenvalue weighted by Crippen LogP contribution is 2.16. The number of aromatic nitrogens is 1. The standard InChI is InChI=1S/C12H20N2O/c1-10(12-6-4-8-14-12)15-9-11-5-2-3-7-13-11/h4,6,8,10-11,13-14H,2-3,5,7,9H2,1H3/t10-,11-/m1/s1. The third-order valence-corrected chi connectivity index (χ3v) is 3.02. The molecule has 1 aromatic heterocycles. The molecular formula is C12H20N2O. The van der Waals surface area contributed by atoms with Gasteiger partial charge in [0.1, 0.15) is 0 Å². The van der Waals surface area contributed by atoms with Gasteiger partial charge in [-0.05, 0) is 38.4 Å². The highest BCUT2D eigenvalue weighted by Gasteiger charge is 2.14. The van der Waals surface area contributed by atoms with Crippen LogP contribution in [-0.4, -0.2) is 24.2 Å². The highest BCUT2D eigenvalue weighted by molar-refractivity contribution is 5.06. The molecule has 1 saturated heterocycles. The average molecular weight is 208 g/mol. The van der Waals surface area contributed by atoms with E-state index >= 15 is 0 Å². The van der Waals surface area contributed by atoms with E-state index in [1.54, 1.807) is 0 Å². The average Bonchev–Trinajstić information content (AvgIpc) is 2.81. The first-order valence-corrected chi connectivity index (χ1v) is 5.84. The van der Waals surface area contributed by atoms with Crippen molar-refractivity contribution in [2.75, 3.05) is 13.2 Å². The third kappa shape index (κ3) is 3.08. The number of aromatic amines is 1. The van der Waals surface area contributed by atoms with Crippen LogP contribution in [0.25, 0.3) is 0 Å². The van der Waals surface area contributed by atoms with Gasteiger partial charge in [0.15, 0.2) is 0 Å². The zero-order valence-corrected chi connectivity index (χ0v) is 9.33. The monoisotopic (exact) mass is 208 g/mol. The predicted octanol–water partition coefficient (Wildman–Crippen LogP) is 2.23. The Kier molecular flexibility index (Phi) is 3.80. The van der Waals surface area contributed by atoms with Crippen LogP contribution >= 0.6 is 0 Å². The summed E-state index contributed by atoms with van der Waals surface area (Å²) in [5, 5.41) is 3.48. The molecule has 0 amide bonds. The van der Waals surface area contributed by atoms with E-state index < -0.39 is 0 Å². The molecule has 2 heterocycles. The molecule has 1 aliphatic rings. The summed E-state index contributed by atoms with van der Waals surface area (Å²) in [5.41, 5.74) is 1.16. The molecule has 0 spiro atoms. The van der Waals surface area contributed by atoms with Crippen LogP contribution in [0.3, 0.4) is 0 Å². The largest absolute Gasteiger partial charge is 0.371 e. The smallest absolute Gasteiger partial charge is 0.0945 e. The van der Waals surface area contributed by atoms with E-state index in [0.717, 1.165) is 18.8 Å². The summed E-state index contributed by atoms with van der Waals surface area (Å²) in [7, 11) is 0. The topological polar surface area (TPSA) is 37.0 Å². The van der Waals surface area contributed by atoms with Gasteiger partial charge < -0.3 is 15.0 Å².